The van der Waals surface area contributed by atoms with Gasteiger partial charge in [-0.2, -0.15) is 13.2 Å². The molecule has 0 fully saturated rings. The summed E-state index contributed by atoms with van der Waals surface area (Å²) in [6.07, 6.45) is 0. The number of halogens is 5. The van der Waals surface area contributed by atoms with Gasteiger partial charge in [-0.3, -0.25) is 0 Å². The summed E-state index contributed by atoms with van der Waals surface area (Å²) in [4.78, 5) is 0. The van der Waals surface area contributed by atoms with E-state index in [-0.39, 0.29) is 0 Å². The third-order valence-corrected chi connectivity index (χ3v) is 3.04. The molecule has 0 radical (unpaired) electrons. The summed E-state index contributed by atoms with van der Waals surface area (Å²) in [6, 6.07) is 0. The lowest BCUT2D eigenvalue weighted by atomic mass is 10.5. The summed E-state index contributed by atoms with van der Waals surface area (Å²) in [5.41, 5.74) is -5.29. The average Bonchev–Trinajstić information content (AvgIpc) is 1.52. The van der Waals surface area contributed by atoms with Gasteiger partial charge in [0.2, 0.25) is 0 Å². The van der Waals surface area contributed by atoms with Crippen LogP contribution in [0.15, 0.2) is 0 Å². The molecule has 0 unspecified atom stereocenters. The fourth-order valence-corrected chi connectivity index (χ4v) is 2.11. The molecular formula is C4H5Cl2F3O2S. The number of alkyl halides is 5. The molecule has 0 atom stereocenters. The Bertz CT molecular complexity index is 250. The summed E-state index contributed by atoms with van der Waals surface area (Å²) < 4.78 is 53.8. The van der Waals surface area contributed by atoms with Gasteiger partial charge in [0.15, 0.2) is 0 Å². The van der Waals surface area contributed by atoms with Gasteiger partial charge in [0.25, 0.3) is 9.84 Å². The van der Waals surface area contributed by atoms with E-state index in [1.54, 1.807) is 0 Å². The predicted octanol–water partition coefficient (Wildman–Crippen LogP) is 2.11. The molecule has 0 saturated heterocycles. The summed E-state index contributed by atoms with van der Waals surface area (Å²) in [5, 5.41) is 0. The molecule has 0 saturated carbocycles. The van der Waals surface area contributed by atoms with Crippen molar-refractivity contribution in [1.82, 2.24) is 0 Å². The first-order valence-electron chi connectivity index (χ1n) is 2.62. The maximum Gasteiger partial charge on any atom is 0.497 e. The van der Waals surface area contributed by atoms with Crippen molar-refractivity contribution >= 4 is 33.0 Å². The Kier molecular flexibility index (Phi) is 3.32. The Hall–Kier alpha value is 0.320. The van der Waals surface area contributed by atoms with Crippen molar-refractivity contribution in [3.05, 3.63) is 0 Å². The molecule has 0 N–H and O–H groups in total. The third kappa shape index (κ3) is 3.82. The van der Waals surface area contributed by atoms with Gasteiger partial charge in [-0.25, -0.2) is 8.42 Å². The van der Waals surface area contributed by atoms with Gasteiger partial charge in [0.1, 0.15) is 4.33 Å². The number of hydrogen-bond donors (Lipinski definition) is 0. The smallest absolute Gasteiger partial charge is 0.219 e. The number of sulfone groups is 1. The molecule has 0 aliphatic rings. The molecule has 0 amide bonds. The van der Waals surface area contributed by atoms with Gasteiger partial charge in [-0.1, -0.05) is 0 Å². The van der Waals surface area contributed by atoms with Crippen LogP contribution < -0.4 is 0 Å². The van der Waals surface area contributed by atoms with Crippen molar-refractivity contribution in [3.8, 4) is 0 Å². The van der Waals surface area contributed by atoms with E-state index in [0.717, 1.165) is 6.92 Å². The monoisotopic (exact) mass is 244 g/mol. The topological polar surface area (TPSA) is 34.1 Å². The molecule has 2 nitrogen and oxygen atoms in total. The zero-order valence-corrected chi connectivity index (χ0v) is 8.15. The summed E-state index contributed by atoms with van der Waals surface area (Å²) in [7, 11) is -5.22. The van der Waals surface area contributed by atoms with E-state index < -0.39 is 25.4 Å². The van der Waals surface area contributed by atoms with E-state index in [9.17, 15) is 21.6 Å². The first-order chi connectivity index (χ1) is 4.96. The van der Waals surface area contributed by atoms with E-state index in [0.29, 0.717) is 0 Å². The number of hydrogen-bond acceptors (Lipinski definition) is 2. The predicted molar refractivity (Wildman–Crippen MR) is 40.0 cm³/mol. The minimum atomic E-state index is -5.29. The first kappa shape index (κ1) is 12.3. The first-order valence-corrected chi connectivity index (χ1v) is 5.03. The second-order valence-corrected chi connectivity index (χ2v) is 6.12. The number of rotatable bonds is 2. The van der Waals surface area contributed by atoms with Crippen LogP contribution in [0.5, 0.6) is 0 Å². The van der Waals surface area contributed by atoms with Crippen LogP contribution in [0.3, 0.4) is 0 Å². The zero-order valence-electron chi connectivity index (χ0n) is 5.82. The lowest BCUT2D eigenvalue weighted by molar-refractivity contribution is -0.0435. The van der Waals surface area contributed by atoms with Gasteiger partial charge < -0.3 is 0 Å². The van der Waals surface area contributed by atoms with Crippen molar-refractivity contribution in [2.75, 3.05) is 5.75 Å². The second-order valence-electron chi connectivity index (χ2n) is 2.28. The average molecular weight is 245 g/mol. The van der Waals surface area contributed by atoms with E-state index in [4.69, 9.17) is 23.2 Å². The summed E-state index contributed by atoms with van der Waals surface area (Å²) in [6.45, 7) is 0.972. The molecule has 0 aliphatic heterocycles. The molecule has 0 heterocycles. The Morgan fingerprint density at radius 2 is 1.58 bits per heavy atom. The van der Waals surface area contributed by atoms with Crippen molar-refractivity contribution in [3.63, 3.8) is 0 Å². The molecule has 12 heavy (non-hydrogen) atoms. The highest BCUT2D eigenvalue weighted by atomic mass is 35.5. The van der Waals surface area contributed by atoms with Crippen molar-refractivity contribution in [2.45, 2.75) is 16.8 Å². The highest BCUT2D eigenvalue weighted by molar-refractivity contribution is 7.92. The van der Waals surface area contributed by atoms with Crippen LogP contribution in [0.2, 0.25) is 0 Å². The van der Waals surface area contributed by atoms with Crippen molar-refractivity contribution in [2.24, 2.45) is 0 Å². The summed E-state index contributed by atoms with van der Waals surface area (Å²) >= 11 is 10.2. The van der Waals surface area contributed by atoms with Crippen LogP contribution in [0, 0.1) is 0 Å². The highest BCUT2D eigenvalue weighted by Gasteiger charge is 2.48. The standard InChI is InChI=1S/C4H5Cl2F3O2S/c1-3(5,6)2-12(10,11)4(7,8)9/h2H2,1H3. The normalized spacial score (nSPS) is 14.8. The minimum Gasteiger partial charge on any atom is -0.219 e. The molecule has 8 heteroatoms. The quantitative estimate of drug-likeness (QED) is 0.698. The highest BCUT2D eigenvalue weighted by Crippen LogP contribution is 2.30. The van der Waals surface area contributed by atoms with E-state index >= 15 is 0 Å². The van der Waals surface area contributed by atoms with E-state index in [1.165, 1.54) is 0 Å². The Morgan fingerprint density at radius 3 is 1.67 bits per heavy atom. The lowest BCUT2D eigenvalue weighted by Gasteiger charge is -2.14. The van der Waals surface area contributed by atoms with Gasteiger partial charge in [-0.05, 0) is 6.92 Å². The maximum absolute atomic E-state index is 11.7. The maximum atomic E-state index is 11.7. The lowest BCUT2D eigenvalue weighted by Crippen LogP contribution is -2.33. The molecular weight excluding hydrogens is 240 g/mol. The Labute approximate surface area is 77.6 Å². The Morgan fingerprint density at radius 1 is 1.25 bits per heavy atom. The van der Waals surface area contributed by atoms with Crippen LogP contribution in [0.4, 0.5) is 13.2 Å². The Balaban J connectivity index is 4.70. The van der Waals surface area contributed by atoms with Crippen molar-refractivity contribution < 1.29 is 21.6 Å². The van der Waals surface area contributed by atoms with Gasteiger partial charge in [-0.15, -0.1) is 23.2 Å². The van der Waals surface area contributed by atoms with E-state index in [1.807, 2.05) is 0 Å². The van der Waals surface area contributed by atoms with Gasteiger partial charge >= 0.3 is 5.51 Å². The van der Waals surface area contributed by atoms with Crippen LogP contribution in [-0.2, 0) is 9.84 Å². The zero-order chi connectivity index (χ0) is 10.2. The fourth-order valence-electron chi connectivity index (χ4n) is 0.415. The minimum absolute atomic E-state index is 0.972. The van der Waals surface area contributed by atoms with Crippen LogP contribution in [-0.4, -0.2) is 24.0 Å². The molecule has 0 aromatic carbocycles. The second kappa shape index (κ2) is 3.23. The van der Waals surface area contributed by atoms with Gasteiger partial charge in [0, 0.05) is 0 Å². The van der Waals surface area contributed by atoms with Crippen molar-refractivity contribution in [1.29, 1.82) is 0 Å². The van der Waals surface area contributed by atoms with Gasteiger partial charge in [0.05, 0.1) is 5.75 Å². The molecule has 0 aliphatic carbocycles. The molecule has 74 valence electrons. The van der Waals surface area contributed by atoms with Crippen LogP contribution in [0.25, 0.3) is 0 Å². The molecule has 0 rings (SSSR count). The van der Waals surface area contributed by atoms with E-state index in [2.05, 4.69) is 0 Å². The van der Waals surface area contributed by atoms with Crippen LogP contribution in [0.1, 0.15) is 6.92 Å². The SMILES string of the molecule is CC(Cl)(Cl)CS(=O)(=O)C(F)(F)F. The molecule has 0 aromatic heterocycles. The fraction of sp³-hybridized carbons (Fsp3) is 1.00. The summed E-state index contributed by atoms with van der Waals surface area (Å²) in [5.74, 6) is -1.34. The molecule has 0 aromatic rings. The largest absolute Gasteiger partial charge is 0.497 e. The van der Waals surface area contributed by atoms with Crippen LogP contribution >= 0.6 is 23.2 Å². The molecule has 0 spiro atoms. The third-order valence-electron chi connectivity index (χ3n) is 0.796. The molecule has 0 bridgehead atoms.